The van der Waals surface area contributed by atoms with Gasteiger partial charge in [0.15, 0.2) is 11.5 Å². The summed E-state index contributed by atoms with van der Waals surface area (Å²) in [5.41, 5.74) is 2.36. The first-order valence-corrected chi connectivity index (χ1v) is 14.6. The fraction of sp³-hybridized carbons (Fsp3) is 0.222. The number of hydrogen-bond acceptors (Lipinski definition) is 6. The van der Waals surface area contributed by atoms with Crippen LogP contribution in [0.15, 0.2) is 62.9 Å². The summed E-state index contributed by atoms with van der Waals surface area (Å²) in [5, 5.41) is 5.11. The molecule has 1 aliphatic rings. The van der Waals surface area contributed by atoms with E-state index in [-0.39, 0.29) is 12.4 Å². The molecule has 190 valence electrons. The van der Waals surface area contributed by atoms with Gasteiger partial charge in [-0.15, -0.1) is 0 Å². The molecule has 1 aromatic heterocycles. The van der Waals surface area contributed by atoms with Gasteiger partial charge in [0, 0.05) is 10.9 Å². The molecule has 0 unspecified atom stereocenters. The predicted octanol–water partition coefficient (Wildman–Crippen LogP) is 6.90. The van der Waals surface area contributed by atoms with E-state index in [1.807, 2.05) is 42.5 Å². The number of aromatic nitrogens is 2. The molecule has 0 fully saturated rings. The third kappa shape index (κ3) is 5.95. The number of unbranched alkanes of at least 4 members (excludes halogenated alkanes) is 1. The Morgan fingerprint density at radius 1 is 1.11 bits per heavy atom. The molecular weight excluding hydrogens is 764 g/mol. The highest BCUT2D eigenvalue weighted by atomic mass is 127. The fourth-order valence-corrected chi connectivity index (χ4v) is 6.40. The van der Waals surface area contributed by atoms with E-state index in [0.29, 0.717) is 29.8 Å². The van der Waals surface area contributed by atoms with E-state index >= 15 is 0 Å². The molecule has 2 heterocycles. The molecular formula is C27H22BrI2N3O4. The van der Waals surface area contributed by atoms with Crippen molar-refractivity contribution in [2.75, 3.05) is 6.79 Å². The van der Waals surface area contributed by atoms with Crippen LogP contribution in [-0.4, -0.2) is 22.7 Å². The lowest BCUT2D eigenvalue weighted by molar-refractivity contribution is 0.174. The zero-order valence-electron chi connectivity index (χ0n) is 19.8. The highest BCUT2D eigenvalue weighted by Crippen LogP contribution is 2.34. The van der Waals surface area contributed by atoms with Crippen molar-refractivity contribution in [3.05, 3.63) is 87.4 Å². The molecule has 0 aliphatic carbocycles. The molecule has 0 saturated carbocycles. The maximum absolute atomic E-state index is 13.3. The number of ether oxygens (including phenoxy) is 3. The molecule has 0 atom stereocenters. The molecule has 0 amide bonds. The predicted molar refractivity (Wildman–Crippen MR) is 164 cm³/mol. The Morgan fingerprint density at radius 2 is 1.89 bits per heavy atom. The smallest absolute Gasteiger partial charge is 0.282 e. The largest absolute Gasteiger partial charge is 0.487 e. The van der Waals surface area contributed by atoms with Gasteiger partial charge in [0.25, 0.3) is 5.56 Å². The molecule has 3 aromatic carbocycles. The number of nitrogens with zero attached hydrogens (tertiary/aromatic N) is 3. The van der Waals surface area contributed by atoms with Crippen molar-refractivity contribution in [2.45, 2.75) is 32.8 Å². The van der Waals surface area contributed by atoms with Crippen molar-refractivity contribution in [3.8, 4) is 17.2 Å². The standard InChI is InChI=1S/C27H22BrI2N3O4/c1-2-3-4-25-32-22-7-6-18(28)12-19(22)27(34)33(25)31-13-17-9-20(29)26(21(30)10-17)35-14-16-5-8-23-24(11-16)37-15-36-23/h5-13H,2-4,14-15H2,1H3. The number of fused-ring (bicyclic) bond motifs is 2. The quantitative estimate of drug-likeness (QED) is 0.144. The van der Waals surface area contributed by atoms with Crippen LogP contribution < -0.4 is 19.8 Å². The third-order valence-electron chi connectivity index (χ3n) is 5.79. The van der Waals surface area contributed by atoms with E-state index in [1.165, 1.54) is 4.68 Å². The summed E-state index contributed by atoms with van der Waals surface area (Å²) in [6.07, 6.45) is 4.31. The maximum atomic E-state index is 13.3. The van der Waals surface area contributed by atoms with Crippen molar-refractivity contribution in [1.82, 2.24) is 9.66 Å². The van der Waals surface area contributed by atoms with Gasteiger partial charge in [-0.1, -0.05) is 35.3 Å². The van der Waals surface area contributed by atoms with E-state index < -0.39 is 0 Å². The highest BCUT2D eigenvalue weighted by Gasteiger charge is 2.15. The monoisotopic (exact) mass is 785 g/mol. The minimum atomic E-state index is -0.179. The van der Waals surface area contributed by atoms with E-state index in [1.54, 1.807) is 12.3 Å². The number of aryl methyl sites for hydroxylation is 1. The van der Waals surface area contributed by atoms with Gasteiger partial charge in [-0.2, -0.15) is 9.78 Å². The third-order valence-corrected chi connectivity index (χ3v) is 7.89. The van der Waals surface area contributed by atoms with Gasteiger partial charge >= 0.3 is 0 Å². The Balaban J connectivity index is 1.40. The lowest BCUT2D eigenvalue weighted by atomic mass is 10.2. The second kappa shape index (κ2) is 11.7. The van der Waals surface area contributed by atoms with Gasteiger partial charge in [-0.05, 0) is 105 Å². The second-order valence-electron chi connectivity index (χ2n) is 8.44. The number of hydrogen-bond donors (Lipinski definition) is 0. The average molecular weight is 786 g/mol. The van der Waals surface area contributed by atoms with Gasteiger partial charge < -0.3 is 14.2 Å². The summed E-state index contributed by atoms with van der Waals surface area (Å²) in [6, 6.07) is 15.3. The van der Waals surface area contributed by atoms with Crippen LogP contribution in [-0.2, 0) is 13.0 Å². The van der Waals surface area contributed by atoms with Crippen LogP contribution in [0.1, 0.15) is 36.7 Å². The van der Waals surface area contributed by atoms with Crippen LogP contribution in [0.4, 0.5) is 0 Å². The van der Waals surface area contributed by atoms with Crippen LogP contribution in [0.25, 0.3) is 10.9 Å². The summed E-state index contributed by atoms with van der Waals surface area (Å²) in [4.78, 5) is 18.1. The van der Waals surface area contributed by atoms with E-state index in [0.717, 1.165) is 52.8 Å². The van der Waals surface area contributed by atoms with Crippen molar-refractivity contribution in [1.29, 1.82) is 0 Å². The van der Waals surface area contributed by atoms with E-state index in [2.05, 4.69) is 73.1 Å². The Labute approximate surface area is 249 Å². The van der Waals surface area contributed by atoms with Crippen LogP contribution >= 0.6 is 61.1 Å². The second-order valence-corrected chi connectivity index (χ2v) is 11.7. The normalized spacial score (nSPS) is 12.5. The molecule has 10 heteroatoms. The SMILES string of the molecule is CCCCc1nc2ccc(Br)cc2c(=O)n1N=Cc1cc(I)c(OCc2ccc3c(c2)OCO3)c(I)c1. The number of rotatable bonds is 8. The van der Waals surface area contributed by atoms with E-state index in [4.69, 9.17) is 19.2 Å². The molecule has 5 rings (SSSR count). The summed E-state index contributed by atoms with van der Waals surface area (Å²) in [6.45, 7) is 2.77. The van der Waals surface area contributed by atoms with Crippen molar-refractivity contribution < 1.29 is 14.2 Å². The molecule has 0 N–H and O–H groups in total. The zero-order chi connectivity index (χ0) is 25.9. The van der Waals surface area contributed by atoms with Gasteiger partial charge in [0.2, 0.25) is 6.79 Å². The minimum absolute atomic E-state index is 0.179. The Bertz CT molecular complexity index is 1550. The van der Waals surface area contributed by atoms with Crippen LogP contribution in [0.5, 0.6) is 17.2 Å². The molecule has 4 aromatic rings. The summed E-state index contributed by atoms with van der Waals surface area (Å²) in [7, 11) is 0. The molecule has 7 nitrogen and oxygen atoms in total. The minimum Gasteiger partial charge on any atom is -0.487 e. The molecule has 0 saturated heterocycles. The van der Waals surface area contributed by atoms with Gasteiger partial charge in [-0.3, -0.25) is 4.79 Å². The zero-order valence-corrected chi connectivity index (χ0v) is 25.7. The van der Waals surface area contributed by atoms with E-state index in [9.17, 15) is 4.79 Å². The Hall–Kier alpha value is -2.19. The number of halogens is 3. The van der Waals surface area contributed by atoms with Crippen molar-refractivity contribution in [3.63, 3.8) is 0 Å². The number of benzene rings is 3. The fourth-order valence-electron chi connectivity index (χ4n) is 3.91. The van der Waals surface area contributed by atoms with Gasteiger partial charge in [-0.25, -0.2) is 4.98 Å². The molecule has 1 aliphatic heterocycles. The van der Waals surface area contributed by atoms with Crippen LogP contribution in [0.2, 0.25) is 0 Å². The van der Waals surface area contributed by atoms with Crippen molar-refractivity contribution >= 4 is 78.2 Å². The summed E-state index contributed by atoms with van der Waals surface area (Å²) < 4.78 is 21.1. The summed E-state index contributed by atoms with van der Waals surface area (Å²) >= 11 is 7.98. The lowest BCUT2D eigenvalue weighted by Gasteiger charge is -2.12. The highest BCUT2D eigenvalue weighted by molar-refractivity contribution is 14.1. The van der Waals surface area contributed by atoms with Crippen LogP contribution in [0.3, 0.4) is 0 Å². The Morgan fingerprint density at radius 3 is 2.68 bits per heavy atom. The summed E-state index contributed by atoms with van der Waals surface area (Å²) in [5.74, 6) is 2.95. The molecule has 37 heavy (non-hydrogen) atoms. The molecule has 0 bridgehead atoms. The van der Waals surface area contributed by atoms with Gasteiger partial charge in [0.05, 0.1) is 24.3 Å². The first-order chi connectivity index (χ1) is 17.9. The maximum Gasteiger partial charge on any atom is 0.282 e. The topological polar surface area (TPSA) is 74.9 Å². The first kappa shape index (κ1) is 26.4. The Kier molecular flexibility index (Phi) is 8.34. The average Bonchev–Trinajstić information content (AvgIpc) is 3.35. The van der Waals surface area contributed by atoms with Crippen molar-refractivity contribution in [2.24, 2.45) is 5.10 Å². The molecule has 0 spiro atoms. The lowest BCUT2D eigenvalue weighted by Crippen LogP contribution is -2.22. The van der Waals surface area contributed by atoms with Crippen LogP contribution in [0, 0.1) is 7.14 Å². The first-order valence-electron chi connectivity index (χ1n) is 11.7. The molecule has 0 radical (unpaired) electrons. The van der Waals surface area contributed by atoms with Gasteiger partial charge in [0.1, 0.15) is 18.2 Å².